The minimum atomic E-state index is -0.459. The lowest BCUT2D eigenvalue weighted by molar-refractivity contribution is -0.144. The lowest BCUT2D eigenvalue weighted by Crippen LogP contribution is -2.58. The van der Waals surface area contributed by atoms with Gasteiger partial charge in [0.2, 0.25) is 11.8 Å². The molecular formula is C24H32N6O4. The third kappa shape index (κ3) is 5.27. The maximum absolute atomic E-state index is 13.1. The van der Waals surface area contributed by atoms with Gasteiger partial charge in [-0.15, -0.1) is 0 Å². The summed E-state index contributed by atoms with van der Waals surface area (Å²) in [6.07, 6.45) is 0.175. The summed E-state index contributed by atoms with van der Waals surface area (Å²) in [5, 5.41) is 7.32. The van der Waals surface area contributed by atoms with Crippen LogP contribution in [0.4, 0.5) is 5.82 Å². The van der Waals surface area contributed by atoms with Crippen molar-refractivity contribution >= 4 is 34.5 Å². The Labute approximate surface area is 199 Å². The van der Waals surface area contributed by atoms with Crippen molar-refractivity contribution in [3.8, 4) is 0 Å². The molecule has 2 aliphatic rings. The Morgan fingerprint density at radius 1 is 1.18 bits per heavy atom. The number of methoxy groups -OCH3 is 1. The zero-order chi connectivity index (χ0) is 24.2. The number of amides is 2. The SMILES string of the molecule is COC(=O)CCC(=O)N1CCN2Cc3nc(c4ccccc4n3)N[C@@H](C(C)C)C(=O)NCC2C1. The van der Waals surface area contributed by atoms with Gasteiger partial charge in [0.25, 0.3) is 0 Å². The summed E-state index contributed by atoms with van der Waals surface area (Å²) >= 11 is 0. The summed E-state index contributed by atoms with van der Waals surface area (Å²) in [6.45, 7) is 6.53. The zero-order valence-electron chi connectivity index (χ0n) is 19.9. The highest BCUT2D eigenvalue weighted by Crippen LogP contribution is 2.24. The first-order chi connectivity index (χ1) is 16.4. The average molecular weight is 469 g/mol. The number of nitrogens with one attached hydrogen (secondary N) is 2. The van der Waals surface area contributed by atoms with Crippen molar-refractivity contribution in [3.63, 3.8) is 0 Å². The van der Waals surface area contributed by atoms with E-state index in [0.29, 0.717) is 44.4 Å². The Kier molecular flexibility index (Phi) is 7.26. The van der Waals surface area contributed by atoms with Crippen molar-refractivity contribution < 1.29 is 19.1 Å². The van der Waals surface area contributed by atoms with Gasteiger partial charge in [0.1, 0.15) is 17.7 Å². The molecule has 2 N–H and O–H groups in total. The first kappa shape index (κ1) is 23.9. The predicted octanol–water partition coefficient (Wildman–Crippen LogP) is 1.16. The van der Waals surface area contributed by atoms with E-state index in [4.69, 9.17) is 9.97 Å². The number of piperazine rings is 1. The fourth-order valence-electron chi connectivity index (χ4n) is 4.49. The number of ether oxygens (including phenoxy) is 1. The number of rotatable bonds is 4. The molecule has 2 aliphatic heterocycles. The number of fused-ring (bicyclic) bond motifs is 5. The molecule has 2 amide bonds. The van der Waals surface area contributed by atoms with Crippen LogP contribution >= 0.6 is 0 Å². The number of para-hydroxylation sites is 1. The van der Waals surface area contributed by atoms with E-state index >= 15 is 0 Å². The molecule has 0 aliphatic carbocycles. The number of esters is 1. The van der Waals surface area contributed by atoms with E-state index in [9.17, 15) is 14.4 Å². The number of aromatic nitrogens is 2. The van der Waals surface area contributed by atoms with Crippen LogP contribution in [0.25, 0.3) is 10.9 Å². The molecule has 0 saturated carbocycles. The Hall–Kier alpha value is -3.27. The van der Waals surface area contributed by atoms with E-state index < -0.39 is 12.0 Å². The van der Waals surface area contributed by atoms with Gasteiger partial charge in [-0.05, 0) is 18.1 Å². The number of anilines is 1. The van der Waals surface area contributed by atoms with Crippen molar-refractivity contribution in [2.24, 2.45) is 5.92 Å². The van der Waals surface area contributed by atoms with Crippen molar-refractivity contribution in [2.45, 2.75) is 45.3 Å². The van der Waals surface area contributed by atoms with E-state index in [-0.39, 0.29) is 36.6 Å². The summed E-state index contributed by atoms with van der Waals surface area (Å²) < 4.78 is 4.65. The predicted molar refractivity (Wildman–Crippen MR) is 127 cm³/mol. The molecule has 3 heterocycles. The van der Waals surface area contributed by atoms with Crippen molar-refractivity contribution in [3.05, 3.63) is 30.1 Å². The van der Waals surface area contributed by atoms with Crippen LogP contribution in [0.3, 0.4) is 0 Å². The van der Waals surface area contributed by atoms with E-state index in [1.54, 1.807) is 4.90 Å². The van der Waals surface area contributed by atoms with Crippen LogP contribution in [0.2, 0.25) is 0 Å². The second-order valence-electron chi connectivity index (χ2n) is 9.16. The van der Waals surface area contributed by atoms with Crippen LogP contribution in [0.1, 0.15) is 32.5 Å². The quantitative estimate of drug-likeness (QED) is 0.642. The monoisotopic (exact) mass is 468 g/mol. The Morgan fingerprint density at radius 3 is 2.74 bits per heavy atom. The van der Waals surface area contributed by atoms with Crippen molar-refractivity contribution in [1.29, 1.82) is 0 Å². The van der Waals surface area contributed by atoms with Crippen LogP contribution in [0.5, 0.6) is 0 Å². The smallest absolute Gasteiger partial charge is 0.306 e. The van der Waals surface area contributed by atoms with Gasteiger partial charge in [0, 0.05) is 44.0 Å². The number of benzene rings is 1. The summed E-state index contributed by atoms with van der Waals surface area (Å²) in [4.78, 5) is 50.8. The molecule has 2 atom stereocenters. The van der Waals surface area contributed by atoms with Gasteiger partial charge in [0.15, 0.2) is 0 Å². The maximum Gasteiger partial charge on any atom is 0.306 e. The molecule has 1 saturated heterocycles. The number of carbonyl (C=O) groups excluding carboxylic acids is 3. The average Bonchev–Trinajstić information content (AvgIpc) is 2.85. The molecule has 0 radical (unpaired) electrons. The number of nitrogens with zero attached hydrogens (tertiary/aromatic N) is 4. The highest BCUT2D eigenvalue weighted by Gasteiger charge is 2.33. The summed E-state index contributed by atoms with van der Waals surface area (Å²) in [5.74, 6) is 0.785. The molecule has 4 rings (SSSR count). The molecule has 10 nitrogen and oxygen atoms in total. The van der Waals surface area contributed by atoms with Crippen LogP contribution in [0.15, 0.2) is 24.3 Å². The van der Waals surface area contributed by atoms with Gasteiger partial charge < -0.3 is 20.3 Å². The van der Waals surface area contributed by atoms with E-state index in [1.165, 1.54) is 7.11 Å². The second kappa shape index (κ2) is 10.3. The van der Waals surface area contributed by atoms with E-state index in [1.807, 2.05) is 38.1 Å². The lowest BCUT2D eigenvalue weighted by Gasteiger charge is -2.41. The summed E-state index contributed by atoms with van der Waals surface area (Å²) in [5.41, 5.74) is 0.824. The molecule has 34 heavy (non-hydrogen) atoms. The topological polar surface area (TPSA) is 117 Å². The van der Waals surface area contributed by atoms with Gasteiger partial charge in [-0.25, -0.2) is 9.97 Å². The fourth-order valence-corrected chi connectivity index (χ4v) is 4.49. The third-order valence-corrected chi connectivity index (χ3v) is 6.48. The van der Waals surface area contributed by atoms with Gasteiger partial charge in [-0.3, -0.25) is 19.3 Å². The molecule has 1 unspecified atom stereocenters. The standard InChI is InChI=1S/C24H32N6O4/c1-15(2)22-24(33)25-12-16-13-30(20(31)8-9-21(32)34-3)11-10-29(16)14-19-26-18-7-5-4-6-17(18)23(27-19)28-22/h4-7,15-16,22H,8-14H2,1-3H3,(H,25,33)(H,26,27,28)/t16?,22-/m0/s1. The van der Waals surface area contributed by atoms with Gasteiger partial charge in [-0.1, -0.05) is 26.0 Å². The number of hydrogen-bond acceptors (Lipinski definition) is 8. The zero-order valence-corrected chi connectivity index (χ0v) is 19.9. The van der Waals surface area contributed by atoms with Crippen LogP contribution in [-0.2, 0) is 25.7 Å². The van der Waals surface area contributed by atoms with Crippen molar-refractivity contribution in [1.82, 2.24) is 25.1 Å². The number of carbonyl (C=O) groups is 3. The Morgan fingerprint density at radius 2 is 1.97 bits per heavy atom. The molecule has 1 aromatic carbocycles. The maximum atomic E-state index is 13.1. The van der Waals surface area contributed by atoms with Gasteiger partial charge >= 0.3 is 5.97 Å². The molecule has 1 fully saturated rings. The van der Waals surface area contributed by atoms with E-state index in [2.05, 4.69) is 20.3 Å². The fraction of sp³-hybridized carbons (Fsp3) is 0.542. The molecule has 0 spiro atoms. The molecular weight excluding hydrogens is 436 g/mol. The van der Waals surface area contributed by atoms with Gasteiger partial charge in [-0.2, -0.15) is 0 Å². The first-order valence-electron chi connectivity index (χ1n) is 11.7. The number of hydrogen-bond donors (Lipinski definition) is 2. The van der Waals surface area contributed by atoms with Crippen LogP contribution in [-0.4, -0.2) is 82.9 Å². The molecule has 182 valence electrons. The van der Waals surface area contributed by atoms with Crippen LogP contribution < -0.4 is 10.6 Å². The first-order valence-corrected chi connectivity index (χ1v) is 11.7. The summed E-state index contributed by atoms with van der Waals surface area (Å²) in [6, 6.07) is 7.23. The third-order valence-electron chi connectivity index (χ3n) is 6.48. The van der Waals surface area contributed by atoms with Crippen LogP contribution in [0, 0.1) is 5.92 Å². The molecule has 2 bridgehead atoms. The highest BCUT2D eigenvalue weighted by molar-refractivity contribution is 5.92. The molecule has 2 aromatic rings. The Bertz CT molecular complexity index is 1070. The largest absolute Gasteiger partial charge is 0.469 e. The molecule has 1 aromatic heterocycles. The van der Waals surface area contributed by atoms with Crippen molar-refractivity contribution in [2.75, 3.05) is 38.6 Å². The van der Waals surface area contributed by atoms with Gasteiger partial charge in [0.05, 0.1) is 25.6 Å². The molecule has 10 heteroatoms. The van der Waals surface area contributed by atoms with E-state index in [0.717, 1.165) is 10.9 Å². The highest BCUT2D eigenvalue weighted by atomic mass is 16.5. The Balaban J connectivity index is 1.60. The second-order valence-corrected chi connectivity index (χ2v) is 9.16. The normalized spacial score (nSPS) is 21.3. The lowest BCUT2D eigenvalue weighted by atomic mass is 10.0. The minimum Gasteiger partial charge on any atom is -0.469 e. The minimum absolute atomic E-state index is 0.0387. The summed E-state index contributed by atoms with van der Waals surface area (Å²) in [7, 11) is 1.32.